The number of pyridine rings is 2. The summed E-state index contributed by atoms with van der Waals surface area (Å²) in [6.07, 6.45) is 6.26. The Morgan fingerprint density at radius 1 is 1.09 bits per heavy atom. The Morgan fingerprint density at radius 2 is 1.68 bits per heavy atom. The molecule has 0 aliphatic carbocycles. The van der Waals surface area contributed by atoms with Gasteiger partial charge >= 0.3 is 0 Å². The molecule has 0 bridgehead atoms. The van der Waals surface area contributed by atoms with Gasteiger partial charge in [0.25, 0.3) is 0 Å². The topological polar surface area (TPSA) is 72.7 Å². The second-order valence-electron chi connectivity index (χ2n) is 5.11. The fraction of sp³-hybridized carbons (Fsp3) is 0.118. The summed E-state index contributed by atoms with van der Waals surface area (Å²) in [5, 5.41) is 11.2. The lowest BCUT2D eigenvalue weighted by Crippen LogP contribution is -2.23. The summed E-state index contributed by atoms with van der Waals surface area (Å²) >= 11 is 0. The fourth-order valence-electron chi connectivity index (χ4n) is 2.64. The lowest BCUT2D eigenvalue weighted by Gasteiger charge is -2.01. The van der Waals surface area contributed by atoms with Gasteiger partial charge in [0.1, 0.15) is 0 Å². The van der Waals surface area contributed by atoms with Crippen molar-refractivity contribution in [3.63, 3.8) is 0 Å². The van der Waals surface area contributed by atoms with E-state index in [-0.39, 0.29) is 5.78 Å². The first kappa shape index (κ1) is 14.0. The standard InChI is InChI=1S/C17H15N3O2/c1-11-15(12(2)21)17(13-3-7-18-8-4-13)19-16(11)14-5-9-20(22)10-6-14/h3-10,19H,1-2H3. The van der Waals surface area contributed by atoms with Crippen molar-refractivity contribution in [3.05, 3.63) is 65.4 Å². The monoisotopic (exact) mass is 293 g/mol. The SMILES string of the molecule is CC(=O)c1c(-c2ccncc2)[nH]c(-c2cc[n+]([O-])cc2)c1C. The van der Waals surface area contributed by atoms with Crippen LogP contribution in [0.3, 0.4) is 0 Å². The predicted octanol–water partition coefficient (Wildman–Crippen LogP) is 2.89. The minimum absolute atomic E-state index is 0.00151. The van der Waals surface area contributed by atoms with E-state index in [0.717, 1.165) is 32.8 Å². The number of nitrogens with one attached hydrogen (secondary N) is 1. The van der Waals surface area contributed by atoms with Crippen LogP contribution in [0.25, 0.3) is 22.5 Å². The molecule has 0 unspecified atom stereocenters. The molecule has 0 spiro atoms. The maximum Gasteiger partial charge on any atom is 0.181 e. The summed E-state index contributed by atoms with van der Waals surface area (Å²) in [4.78, 5) is 19.4. The molecular formula is C17H15N3O2. The molecule has 3 aromatic rings. The van der Waals surface area contributed by atoms with Gasteiger partial charge in [0, 0.05) is 41.2 Å². The van der Waals surface area contributed by atoms with Crippen LogP contribution in [0.2, 0.25) is 0 Å². The Balaban J connectivity index is 2.22. The van der Waals surface area contributed by atoms with E-state index in [9.17, 15) is 10.0 Å². The van der Waals surface area contributed by atoms with Crippen LogP contribution in [0.5, 0.6) is 0 Å². The molecule has 3 heterocycles. The molecule has 5 heteroatoms. The second kappa shape index (κ2) is 5.44. The highest BCUT2D eigenvalue weighted by atomic mass is 16.5. The molecule has 5 nitrogen and oxygen atoms in total. The molecule has 22 heavy (non-hydrogen) atoms. The van der Waals surface area contributed by atoms with E-state index in [1.54, 1.807) is 31.5 Å². The molecule has 3 aromatic heterocycles. The van der Waals surface area contributed by atoms with Gasteiger partial charge in [-0.3, -0.25) is 9.78 Å². The average molecular weight is 293 g/mol. The van der Waals surface area contributed by atoms with Crippen LogP contribution in [0.15, 0.2) is 49.1 Å². The molecule has 0 aliphatic rings. The molecule has 0 radical (unpaired) electrons. The molecule has 0 saturated carbocycles. The van der Waals surface area contributed by atoms with Crippen LogP contribution < -0.4 is 4.73 Å². The van der Waals surface area contributed by atoms with Crippen molar-refractivity contribution in [3.8, 4) is 22.5 Å². The van der Waals surface area contributed by atoms with Crippen molar-refractivity contribution in [2.24, 2.45) is 0 Å². The zero-order chi connectivity index (χ0) is 15.7. The van der Waals surface area contributed by atoms with E-state index < -0.39 is 0 Å². The normalized spacial score (nSPS) is 10.6. The Kier molecular flexibility index (Phi) is 3.47. The lowest BCUT2D eigenvalue weighted by atomic mass is 10.0. The average Bonchev–Trinajstić information content (AvgIpc) is 2.87. The first-order chi connectivity index (χ1) is 10.6. The quantitative estimate of drug-likeness (QED) is 0.458. The molecule has 0 aliphatic heterocycles. The van der Waals surface area contributed by atoms with E-state index in [2.05, 4.69) is 9.97 Å². The molecule has 110 valence electrons. The highest BCUT2D eigenvalue weighted by Gasteiger charge is 2.20. The summed E-state index contributed by atoms with van der Waals surface area (Å²) < 4.78 is 0.734. The van der Waals surface area contributed by atoms with E-state index in [1.807, 2.05) is 19.1 Å². The van der Waals surface area contributed by atoms with Gasteiger partial charge in [-0.2, -0.15) is 4.73 Å². The predicted molar refractivity (Wildman–Crippen MR) is 83.2 cm³/mol. The molecule has 0 aromatic carbocycles. The molecule has 3 rings (SSSR count). The van der Waals surface area contributed by atoms with Crippen molar-refractivity contribution in [2.75, 3.05) is 0 Å². The van der Waals surface area contributed by atoms with Gasteiger partial charge in [-0.25, -0.2) is 0 Å². The zero-order valence-corrected chi connectivity index (χ0v) is 12.3. The van der Waals surface area contributed by atoms with Gasteiger partial charge in [0.2, 0.25) is 0 Å². The van der Waals surface area contributed by atoms with Gasteiger partial charge in [-0.05, 0) is 31.5 Å². The Labute approximate surface area is 127 Å². The summed E-state index contributed by atoms with van der Waals surface area (Å²) in [5.41, 5.74) is 4.94. The largest absolute Gasteiger partial charge is 0.619 e. The summed E-state index contributed by atoms with van der Waals surface area (Å²) in [7, 11) is 0. The van der Waals surface area contributed by atoms with Crippen LogP contribution >= 0.6 is 0 Å². The van der Waals surface area contributed by atoms with Gasteiger partial charge in [-0.15, -0.1) is 0 Å². The first-order valence-electron chi connectivity index (χ1n) is 6.91. The third-order valence-corrected chi connectivity index (χ3v) is 3.66. The number of carbonyl (C=O) groups is 1. The number of rotatable bonds is 3. The van der Waals surface area contributed by atoms with Crippen LogP contribution in [-0.4, -0.2) is 15.8 Å². The third-order valence-electron chi connectivity index (χ3n) is 3.66. The van der Waals surface area contributed by atoms with E-state index in [4.69, 9.17) is 0 Å². The number of ketones is 1. The van der Waals surface area contributed by atoms with Crippen molar-refractivity contribution in [1.82, 2.24) is 9.97 Å². The number of H-pyrrole nitrogens is 1. The summed E-state index contributed by atoms with van der Waals surface area (Å²) in [6, 6.07) is 7.17. The smallest absolute Gasteiger partial charge is 0.181 e. The number of aromatic nitrogens is 3. The molecular weight excluding hydrogens is 278 g/mol. The maximum absolute atomic E-state index is 12.1. The zero-order valence-electron chi connectivity index (χ0n) is 12.3. The Bertz CT molecular complexity index is 821. The summed E-state index contributed by atoms with van der Waals surface area (Å²) in [6.45, 7) is 3.47. The van der Waals surface area contributed by atoms with Gasteiger partial charge < -0.3 is 10.2 Å². The van der Waals surface area contributed by atoms with Crippen LogP contribution in [0, 0.1) is 12.1 Å². The number of hydrogen-bond acceptors (Lipinski definition) is 3. The van der Waals surface area contributed by atoms with E-state index >= 15 is 0 Å². The van der Waals surface area contributed by atoms with Gasteiger partial charge in [-0.1, -0.05) is 0 Å². The number of nitrogens with zero attached hydrogens (tertiary/aromatic N) is 2. The van der Waals surface area contributed by atoms with Crippen molar-refractivity contribution < 1.29 is 9.52 Å². The van der Waals surface area contributed by atoms with E-state index in [0.29, 0.717) is 5.56 Å². The fourth-order valence-corrected chi connectivity index (χ4v) is 2.64. The number of aromatic amines is 1. The summed E-state index contributed by atoms with van der Waals surface area (Å²) in [5.74, 6) is 0.00151. The molecule has 0 fully saturated rings. The first-order valence-corrected chi connectivity index (χ1v) is 6.91. The van der Waals surface area contributed by atoms with Crippen molar-refractivity contribution >= 4 is 5.78 Å². The maximum atomic E-state index is 12.1. The van der Waals surface area contributed by atoms with Gasteiger partial charge in [0.15, 0.2) is 18.2 Å². The number of carbonyl (C=O) groups excluding carboxylic acids is 1. The molecule has 1 N–H and O–H groups in total. The van der Waals surface area contributed by atoms with Gasteiger partial charge in [0.05, 0.1) is 11.4 Å². The minimum Gasteiger partial charge on any atom is -0.619 e. The lowest BCUT2D eigenvalue weighted by molar-refractivity contribution is -0.605. The third kappa shape index (κ3) is 2.37. The minimum atomic E-state index is 0.00151. The Morgan fingerprint density at radius 3 is 2.27 bits per heavy atom. The highest BCUT2D eigenvalue weighted by molar-refractivity contribution is 6.03. The second-order valence-corrected chi connectivity index (χ2v) is 5.11. The van der Waals surface area contributed by atoms with Crippen LogP contribution in [0.4, 0.5) is 0 Å². The van der Waals surface area contributed by atoms with Crippen molar-refractivity contribution in [1.29, 1.82) is 0 Å². The number of hydrogen-bond donors (Lipinski definition) is 1. The van der Waals surface area contributed by atoms with Crippen LogP contribution in [0.1, 0.15) is 22.8 Å². The van der Waals surface area contributed by atoms with E-state index in [1.165, 1.54) is 12.4 Å². The molecule has 0 atom stereocenters. The van der Waals surface area contributed by atoms with Crippen molar-refractivity contribution in [2.45, 2.75) is 13.8 Å². The Hall–Kier alpha value is -2.95. The van der Waals surface area contributed by atoms with Crippen LogP contribution in [-0.2, 0) is 0 Å². The highest BCUT2D eigenvalue weighted by Crippen LogP contribution is 2.33. The molecule has 0 amide bonds. The molecule has 0 saturated heterocycles. The number of Topliss-reactive ketones (excluding diaryl/α,β-unsaturated/α-hetero) is 1.